The van der Waals surface area contributed by atoms with Gasteiger partial charge in [0.2, 0.25) is 0 Å². The summed E-state index contributed by atoms with van der Waals surface area (Å²) in [5.74, 6) is 0.419. The van der Waals surface area contributed by atoms with Crippen LogP contribution in [0.25, 0.3) is 0 Å². The second kappa shape index (κ2) is 5.43. The predicted molar refractivity (Wildman–Crippen MR) is 62.9 cm³/mol. The number of rotatable bonds is 4. The zero-order valence-corrected chi connectivity index (χ0v) is 9.90. The van der Waals surface area contributed by atoms with Crippen LogP contribution in [0.4, 0.5) is 4.39 Å². The minimum Gasteiger partial charge on any atom is -0.361 e. The van der Waals surface area contributed by atoms with Crippen LogP contribution in [0.1, 0.15) is 22.6 Å². The Morgan fingerprint density at radius 2 is 2.22 bits per heavy atom. The second-order valence-corrected chi connectivity index (χ2v) is 3.95. The normalized spacial score (nSPS) is 10.3. The molecule has 1 heterocycles. The van der Waals surface area contributed by atoms with Gasteiger partial charge in [-0.2, -0.15) is 5.26 Å². The molecule has 0 amide bonds. The Kier molecular flexibility index (Phi) is 3.70. The maximum Gasteiger partial charge on any atom is 0.133 e. The SMILES string of the molecule is Cc1cc(CNCc2cc(C#N)ccc2F)no1. The van der Waals surface area contributed by atoms with Crippen LogP contribution in [0, 0.1) is 24.1 Å². The summed E-state index contributed by atoms with van der Waals surface area (Å²) in [4.78, 5) is 0. The van der Waals surface area contributed by atoms with E-state index in [1.165, 1.54) is 18.2 Å². The third kappa shape index (κ3) is 2.93. The van der Waals surface area contributed by atoms with Crippen LogP contribution in [0.5, 0.6) is 0 Å². The molecule has 1 N–H and O–H groups in total. The molecule has 2 rings (SSSR count). The summed E-state index contributed by atoms with van der Waals surface area (Å²) in [6, 6.07) is 8.10. The van der Waals surface area contributed by atoms with Crippen LogP contribution < -0.4 is 5.32 Å². The van der Waals surface area contributed by atoms with Gasteiger partial charge in [-0.25, -0.2) is 4.39 Å². The molecule has 5 heteroatoms. The number of nitrogens with zero attached hydrogens (tertiary/aromatic N) is 2. The molecule has 1 aromatic heterocycles. The zero-order valence-electron chi connectivity index (χ0n) is 9.90. The zero-order chi connectivity index (χ0) is 13.0. The van der Waals surface area contributed by atoms with E-state index in [0.29, 0.717) is 24.2 Å². The van der Waals surface area contributed by atoms with Crippen LogP contribution >= 0.6 is 0 Å². The topological polar surface area (TPSA) is 61.9 Å². The Hall–Kier alpha value is -2.19. The van der Waals surface area contributed by atoms with Gasteiger partial charge in [-0.15, -0.1) is 0 Å². The van der Waals surface area contributed by atoms with E-state index in [-0.39, 0.29) is 5.82 Å². The van der Waals surface area contributed by atoms with Crippen molar-refractivity contribution in [1.82, 2.24) is 10.5 Å². The number of aryl methyl sites for hydroxylation is 1. The molecular weight excluding hydrogens is 233 g/mol. The molecule has 1 aromatic carbocycles. The van der Waals surface area contributed by atoms with Gasteiger partial charge in [0.25, 0.3) is 0 Å². The molecular formula is C13H12FN3O. The maximum absolute atomic E-state index is 13.5. The van der Waals surface area contributed by atoms with E-state index >= 15 is 0 Å². The molecule has 0 aliphatic rings. The second-order valence-electron chi connectivity index (χ2n) is 3.95. The molecule has 0 aliphatic heterocycles. The van der Waals surface area contributed by atoms with Gasteiger partial charge in [0.15, 0.2) is 0 Å². The molecule has 0 aliphatic carbocycles. The Bertz CT molecular complexity index is 586. The summed E-state index contributed by atoms with van der Waals surface area (Å²) in [7, 11) is 0. The van der Waals surface area contributed by atoms with Gasteiger partial charge in [-0.05, 0) is 25.1 Å². The Morgan fingerprint density at radius 1 is 1.39 bits per heavy atom. The van der Waals surface area contributed by atoms with E-state index in [9.17, 15) is 4.39 Å². The van der Waals surface area contributed by atoms with Crippen molar-refractivity contribution < 1.29 is 8.91 Å². The van der Waals surface area contributed by atoms with Crippen molar-refractivity contribution in [3.8, 4) is 6.07 Å². The van der Waals surface area contributed by atoms with Crippen molar-refractivity contribution in [2.45, 2.75) is 20.0 Å². The van der Waals surface area contributed by atoms with Crippen LogP contribution in [0.3, 0.4) is 0 Å². The van der Waals surface area contributed by atoms with E-state index < -0.39 is 0 Å². The van der Waals surface area contributed by atoms with E-state index in [1.807, 2.05) is 19.1 Å². The molecule has 0 radical (unpaired) electrons. The lowest BCUT2D eigenvalue weighted by Crippen LogP contribution is -2.14. The van der Waals surface area contributed by atoms with Crippen molar-refractivity contribution in [3.63, 3.8) is 0 Å². The standard InChI is InChI=1S/C13H12FN3O/c1-9-4-12(17-18-9)8-16-7-11-5-10(6-15)2-3-13(11)14/h2-5,16H,7-8H2,1H3. The first-order chi connectivity index (χ1) is 8.69. The van der Waals surface area contributed by atoms with Gasteiger partial charge in [-0.3, -0.25) is 0 Å². The molecule has 92 valence electrons. The fourth-order valence-corrected chi connectivity index (χ4v) is 1.61. The summed E-state index contributed by atoms with van der Waals surface area (Å²) < 4.78 is 18.4. The highest BCUT2D eigenvalue weighted by Gasteiger charge is 2.04. The van der Waals surface area contributed by atoms with Crippen LogP contribution in [-0.2, 0) is 13.1 Å². The summed E-state index contributed by atoms with van der Waals surface area (Å²) in [6.07, 6.45) is 0. The van der Waals surface area contributed by atoms with E-state index in [2.05, 4.69) is 10.5 Å². The van der Waals surface area contributed by atoms with Crippen molar-refractivity contribution in [2.75, 3.05) is 0 Å². The number of benzene rings is 1. The number of nitrogens with one attached hydrogen (secondary N) is 1. The van der Waals surface area contributed by atoms with Crippen molar-refractivity contribution in [2.24, 2.45) is 0 Å². The highest BCUT2D eigenvalue weighted by molar-refractivity contribution is 5.33. The summed E-state index contributed by atoms with van der Waals surface area (Å²) in [5.41, 5.74) is 1.68. The molecule has 0 saturated heterocycles. The monoisotopic (exact) mass is 245 g/mol. The van der Waals surface area contributed by atoms with E-state index in [0.717, 1.165) is 11.5 Å². The number of hydrogen-bond acceptors (Lipinski definition) is 4. The minimum absolute atomic E-state index is 0.321. The highest BCUT2D eigenvalue weighted by Crippen LogP contribution is 2.10. The van der Waals surface area contributed by atoms with Crippen LogP contribution in [-0.4, -0.2) is 5.16 Å². The minimum atomic E-state index is -0.321. The average molecular weight is 245 g/mol. The fourth-order valence-electron chi connectivity index (χ4n) is 1.61. The third-order valence-electron chi connectivity index (χ3n) is 2.47. The summed E-state index contributed by atoms with van der Waals surface area (Å²) in [6.45, 7) is 2.65. The molecule has 18 heavy (non-hydrogen) atoms. The quantitative estimate of drug-likeness (QED) is 0.897. The first-order valence-corrected chi connectivity index (χ1v) is 5.50. The Balaban J connectivity index is 1.96. The largest absolute Gasteiger partial charge is 0.361 e. The van der Waals surface area contributed by atoms with Gasteiger partial charge in [0.05, 0.1) is 17.3 Å². The first-order valence-electron chi connectivity index (χ1n) is 5.50. The Labute approximate surface area is 104 Å². The van der Waals surface area contributed by atoms with Gasteiger partial charge < -0.3 is 9.84 Å². The van der Waals surface area contributed by atoms with Gasteiger partial charge >= 0.3 is 0 Å². The summed E-state index contributed by atoms with van der Waals surface area (Å²) >= 11 is 0. The molecule has 0 atom stereocenters. The smallest absolute Gasteiger partial charge is 0.133 e. The van der Waals surface area contributed by atoms with Crippen LogP contribution in [0.2, 0.25) is 0 Å². The predicted octanol–water partition coefficient (Wildman–Crippen LogP) is 2.28. The van der Waals surface area contributed by atoms with Crippen molar-refractivity contribution >= 4 is 0 Å². The Morgan fingerprint density at radius 3 is 2.89 bits per heavy atom. The maximum atomic E-state index is 13.5. The van der Waals surface area contributed by atoms with Crippen molar-refractivity contribution in [1.29, 1.82) is 5.26 Å². The third-order valence-corrected chi connectivity index (χ3v) is 2.47. The van der Waals surface area contributed by atoms with Gasteiger partial charge in [0, 0.05) is 24.7 Å². The highest BCUT2D eigenvalue weighted by atomic mass is 19.1. The lowest BCUT2D eigenvalue weighted by Gasteiger charge is -2.04. The molecule has 0 bridgehead atoms. The molecule has 0 saturated carbocycles. The van der Waals surface area contributed by atoms with E-state index in [4.69, 9.17) is 9.78 Å². The number of nitriles is 1. The molecule has 0 unspecified atom stereocenters. The molecule has 4 nitrogen and oxygen atoms in total. The lowest BCUT2D eigenvalue weighted by molar-refractivity contribution is 0.388. The van der Waals surface area contributed by atoms with Gasteiger partial charge in [0.1, 0.15) is 11.6 Å². The van der Waals surface area contributed by atoms with Crippen LogP contribution in [0.15, 0.2) is 28.8 Å². The molecule has 0 spiro atoms. The lowest BCUT2D eigenvalue weighted by atomic mass is 10.1. The molecule has 2 aromatic rings. The fraction of sp³-hybridized carbons (Fsp3) is 0.231. The summed E-state index contributed by atoms with van der Waals surface area (Å²) in [5, 5.41) is 15.6. The van der Waals surface area contributed by atoms with E-state index in [1.54, 1.807) is 0 Å². The number of halogens is 1. The first kappa shape index (κ1) is 12.3. The molecule has 0 fully saturated rings. The van der Waals surface area contributed by atoms with Crippen molar-refractivity contribution in [3.05, 3.63) is 52.7 Å². The van der Waals surface area contributed by atoms with Gasteiger partial charge in [-0.1, -0.05) is 5.16 Å². The number of aromatic nitrogens is 1. The number of hydrogen-bond donors (Lipinski definition) is 1. The average Bonchev–Trinajstić information content (AvgIpc) is 2.77.